The predicted octanol–water partition coefficient (Wildman–Crippen LogP) is 5.73. The highest BCUT2D eigenvalue weighted by Gasteiger charge is 2.09. The molecule has 0 saturated heterocycles. The molecule has 0 aliphatic heterocycles. The molecule has 2 N–H and O–H groups in total. The molecule has 0 aliphatic rings. The first-order valence-electron chi connectivity index (χ1n) is 10.3. The summed E-state index contributed by atoms with van der Waals surface area (Å²) in [5.41, 5.74) is 5.27. The van der Waals surface area contributed by atoms with Gasteiger partial charge in [-0.3, -0.25) is 10.1 Å². The minimum atomic E-state index is -0.316. The number of thiocarbonyl (C=S) groups is 1. The van der Waals surface area contributed by atoms with Crippen molar-refractivity contribution in [1.82, 2.24) is 10.3 Å². The van der Waals surface area contributed by atoms with Crippen LogP contribution in [-0.2, 0) is 11.2 Å². The van der Waals surface area contributed by atoms with E-state index < -0.39 is 0 Å². The number of hydrogen-bond acceptors (Lipinski definition) is 5. The van der Waals surface area contributed by atoms with Crippen molar-refractivity contribution in [2.24, 2.45) is 0 Å². The number of nitrogens with zero attached hydrogens (tertiary/aromatic N) is 1. The van der Waals surface area contributed by atoms with Crippen LogP contribution < -0.4 is 15.4 Å². The van der Waals surface area contributed by atoms with Crippen molar-refractivity contribution in [3.8, 4) is 16.3 Å². The van der Waals surface area contributed by atoms with Gasteiger partial charge in [0.25, 0.3) is 5.91 Å². The van der Waals surface area contributed by atoms with Gasteiger partial charge in [-0.2, -0.15) is 0 Å². The lowest BCUT2D eigenvalue weighted by Crippen LogP contribution is -2.37. The van der Waals surface area contributed by atoms with Crippen molar-refractivity contribution in [2.45, 2.75) is 20.3 Å². The van der Waals surface area contributed by atoms with Crippen LogP contribution in [0.2, 0.25) is 0 Å². The Morgan fingerprint density at radius 1 is 1.06 bits per heavy atom. The van der Waals surface area contributed by atoms with Crippen LogP contribution in [0, 0.1) is 6.92 Å². The zero-order valence-corrected chi connectivity index (χ0v) is 19.5. The van der Waals surface area contributed by atoms with Crippen molar-refractivity contribution >= 4 is 50.5 Å². The van der Waals surface area contributed by atoms with Crippen LogP contribution in [0.1, 0.15) is 18.1 Å². The van der Waals surface area contributed by atoms with Gasteiger partial charge >= 0.3 is 0 Å². The van der Waals surface area contributed by atoms with Crippen molar-refractivity contribution in [2.75, 3.05) is 11.9 Å². The van der Waals surface area contributed by atoms with Gasteiger partial charge in [0.2, 0.25) is 0 Å². The van der Waals surface area contributed by atoms with Crippen molar-refractivity contribution in [3.63, 3.8) is 0 Å². The molecule has 0 spiro atoms. The number of fused-ring (bicyclic) bond motifs is 1. The molecule has 5 nitrogen and oxygen atoms in total. The molecule has 1 heterocycles. The molecule has 0 unspecified atom stereocenters. The maximum atomic E-state index is 12.1. The summed E-state index contributed by atoms with van der Waals surface area (Å²) >= 11 is 6.92. The van der Waals surface area contributed by atoms with E-state index >= 15 is 0 Å². The lowest BCUT2D eigenvalue weighted by molar-refractivity contribution is -0.121. The lowest BCUT2D eigenvalue weighted by Gasteiger charge is -2.11. The molecule has 4 aromatic rings. The number of aryl methyl sites for hydroxylation is 2. The number of nitrogens with one attached hydrogen (secondary N) is 2. The molecule has 3 aromatic carbocycles. The molecule has 0 aliphatic carbocycles. The highest BCUT2D eigenvalue weighted by Crippen LogP contribution is 2.31. The highest BCUT2D eigenvalue weighted by atomic mass is 32.1. The molecule has 162 valence electrons. The Bertz CT molecular complexity index is 1250. The number of carbonyl (C=O) groups is 1. The monoisotopic (exact) mass is 461 g/mol. The minimum absolute atomic E-state index is 0.108. The first-order valence-corrected chi connectivity index (χ1v) is 11.5. The molecule has 0 bridgehead atoms. The zero-order chi connectivity index (χ0) is 22.5. The van der Waals surface area contributed by atoms with Gasteiger partial charge in [0, 0.05) is 11.3 Å². The van der Waals surface area contributed by atoms with E-state index in [2.05, 4.69) is 36.6 Å². The maximum absolute atomic E-state index is 12.1. The molecule has 1 amide bonds. The van der Waals surface area contributed by atoms with Crippen LogP contribution in [0.25, 0.3) is 20.8 Å². The molecule has 7 heteroatoms. The molecule has 1 aromatic heterocycles. The Labute approximate surface area is 196 Å². The second-order valence-corrected chi connectivity index (χ2v) is 8.79. The summed E-state index contributed by atoms with van der Waals surface area (Å²) in [6.07, 6.45) is 0.960. The summed E-state index contributed by atoms with van der Waals surface area (Å²) in [4.78, 5) is 16.8. The van der Waals surface area contributed by atoms with Crippen molar-refractivity contribution in [3.05, 3.63) is 77.9 Å². The van der Waals surface area contributed by atoms with Crippen LogP contribution in [0.5, 0.6) is 5.75 Å². The third-order valence-electron chi connectivity index (χ3n) is 4.89. The number of rotatable bonds is 6. The average molecular weight is 462 g/mol. The molecule has 32 heavy (non-hydrogen) atoms. The van der Waals surface area contributed by atoms with E-state index in [1.54, 1.807) is 11.3 Å². The summed E-state index contributed by atoms with van der Waals surface area (Å²) in [5.74, 6) is 0.334. The van der Waals surface area contributed by atoms with E-state index in [-0.39, 0.29) is 17.6 Å². The van der Waals surface area contributed by atoms with Crippen LogP contribution in [0.4, 0.5) is 5.69 Å². The van der Waals surface area contributed by atoms with Crippen LogP contribution in [0.15, 0.2) is 66.7 Å². The Morgan fingerprint density at radius 3 is 2.53 bits per heavy atom. The standard InChI is InChI=1S/C25H23N3O2S2/c1-3-17-5-11-20(12-6-17)30-15-23(29)28-25(31)26-19-9-7-18(8-10-19)24-27-21-13-4-16(2)14-22(21)32-24/h4-14H,3,15H2,1-2H3,(H2,26,28,29,31). The molecule has 4 rings (SSSR count). The van der Waals surface area contributed by atoms with E-state index in [0.717, 1.165) is 28.2 Å². The summed E-state index contributed by atoms with van der Waals surface area (Å²) in [6.45, 7) is 4.06. The van der Waals surface area contributed by atoms with Gasteiger partial charge in [-0.25, -0.2) is 4.98 Å². The van der Waals surface area contributed by atoms with E-state index in [4.69, 9.17) is 21.9 Å². The molecular formula is C25H23N3O2S2. The van der Waals surface area contributed by atoms with E-state index in [1.807, 2.05) is 54.6 Å². The van der Waals surface area contributed by atoms with Gasteiger partial charge in [0.05, 0.1) is 10.2 Å². The van der Waals surface area contributed by atoms with Gasteiger partial charge in [0.15, 0.2) is 11.7 Å². The van der Waals surface area contributed by atoms with E-state index in [9.17, 15) is 4.79 Å². The number of hydrogen-bond donors (Lipinski definition) is 2. The zero-order valence-electron chi connectivity index (χ0n) is 17.8. The number of ether oxygens (including phenoxy) is 1. The smallest absolute Gasteiger partial charge is 0.264 e. The number of anilines is 1. The quantitative estimate of drug-likeness (QED) is 0.359. The molecule has 0 saturated carbocycles. The lowest BCUT2D eigenvalue weighted by atomic mass is 10.2. The molecular weight excluding hydrogens is 438 g/mol. The third kappa shape index (κ3) is 5.49. The second kappa shape index (κ2) is 9.89. The van der Waals surface area contributed by atoms with Crippen LogP contribution in [-0.4, -0.2) is 22.6 Å². The summed E-state index contributed by atoms with van der Waals surface area (Å²) in [6, 6.07) is 21.8. The van der Waals surface area contributed by atoms with Gasteiger partial charge in [0.1, 0.15) is 10.8 Å². The number of carbonyl (C=O) groups excluding carboxylic acids is 1. The summed E-state index contributed by atoms with van der Waals surface area (Å²) in [5, 5.41) is 6.86. The van der Waals surface area contributed by atoms with Gasteiger partial charge < -0.3 is 10.1 Å². The highest BCUT2D eigenvalue weighted by molar-refractivity contribution is 7.80. The van der Waals surface area contributed by atoms with Crippen molar-refractivity contribution in [1.29, 1.82) is 0 Å². The van der Waals surface area contributed by atoms with Gasteiger partial charge in [-0.1, -0.05) is 25.1 Å². The summed E-state index contributed by atoms with van der Waals surface area (Å²) in [7, 11) is 0. The fourth-order valence-corrected chi connectivity index (χ4v) is 4.45. The normalized spacial score (nSPS) is 10.7. The molecule has 0 atom stereocenters. The fraction of sp³-hybridized carbons (Fsp3) is 0.160. The predicted molar refractivity (Wildman–Crippen MR) is 135 cm³/mol. The van der Waals surface area contributed by atoms with Crippen LogP contribution >= 0.6 is 23.6 Å². The third-order valence-corrected chi connectivity index (χ3v) is 6.16. The van der Waals surface area contributed by atoms with Gasteiger partial charge in [-0.15, -0.1) is 11.3 Å². The Balaban J connectivity index is 1.30. The Kier molecular flexibility index (Phi) is 6.78. The number of benzene rings is 3. The minimum Gasteiger partial charge on any atom is -0.484 e. The second-order valence-electron chi connectivity index (χ2n) is 7.36. The summed E-state index contributed by atoms with van der Waals surface area (Å²) < 4.78 is 6.69. The topological polar surface area (TPSA) is 63.2 Å². The number of thiazole rings is 1. The maximum Gasteiger partial charge on any atom is 0.264 e. The largest absolute Gasteiger partial charge is 0.484 e. The first-order chi connectivity index (χ1) is 15.5. The average Bonchev–Trinajstić information content (AvgIpc) is 3.21. The Morgan fingerprint density at radius 2 is 1.81 bits per heavy atom. The SMILES string of the molecule is CCc1ccc(OCC(=O)NC(=S)Nc2ccc(-c3nc4ccc(C)cc4s3)cc2)cc1. The fourth-order valence-electron chi connectivity index (χ4n) is 3.15. The molecule has 0 radical (unpaired) electrons. The number of aromatic nitrogens is 1. The van der Waals surface area contributed by atoms with Gasteiger partial charge in [-0.05, 0) is 85.2 Å². The number of amides is 1. The van der Waals surface area contributed by atoms with Crippen molar-refractivity contribution < 1.29 is 9.53 Å². The van der Waals surface area contributed by atoms with E-state index in [0.29, 0.717) is 5.75 Å². The Hall–Kier alpha value is -3.29. The van der Waals surface area contributed by atoms with E-state index in [1.165, 1.54) is 15.8 Å². The van der Waals surface area contributed by atoms with Crippen LogP contribution in [0.3, 0.4) is 0 Å². The molecule has 0 fully saturated rings. The first kappa shape index (κ1) is 21.9.